The molecule has 0 aliphatic carbocycles. The summed E-state index contributed by atoms with van der Waals surface area (Å²) in [4.78, 5) is 15.7. The van der Waals surface area contributed by atoms with Crippen LogP contribution in [0.15, 0.2) is 66.7 Å². The number of hydrogen-bond donors (Lipinski definition) is 1. The van der Waals surface area contributed by atoms with Gasteiger partial charge in [-0.2, -0.15) is 0 Å². The number of phenols is 1. The van der Waals surface area contributed by atoms with Gasteiger partial charge in [0, 0.05) is 27.3 Å². The molecule has 1 aromatic heterocycles. The highest BCUT2D eigenvalue weighted by Crippen LogP contribution is 2.37. The van der Waals surface area contributed by atoms with Crippen molar-refractivity contribution in [2.45, 2.75) is 19.4 Å². The zero-order valence-corrected chi connectivity index (χ0v) is 16.8. The lowest BCUT2D eigenvalue weighted by Crippen LogP contribution is -2.30. The van der Waals surface area contributed by atoms with E-state index < -0.39 is 0 Å². The lowest BCUT2D eigenvalue weighted by Gasteiger charge is -2.24. The number of carbonyl (C=O) groups excluding carboxylic acids is 1. The zero-order valence-electron chi connectivity index (χ0n) is 15.3. The van der Waals surface area contributed by atoms with Crippen LogP contribution in [0.2, 0.25) is 0 Å². The van der Waals surface area contributed by atoms with Crippen molar-refractivity contribution in [3.8, 4) is 5.75 Å². The van der Waals surface area contributed by atoms with Crippen LogP contribution in [-0.4, -0.2) is 16.9 Å². The van der Waals surface area contributed by atoms with Gasteiger partial charge in [0.25, 0.3) is 0 Å². The van der Waals surface area contributed by atoms with E-state index in [1.807, 2.05) is 48.5 Å². The molecule has 142 valence electrons. The SMILES string of the molecule is O=C(CCCCl)N(Cc1cc2ccccc2s1)c1ccc2ccccc2c1O. The number of carbonyl (C=O) groups is 1. The summed E-state index contributed by atoms with van der Waals surface area (Å²) in [6, 6.07) is 21.7. The van der Waals surface area contributed by atoms with E-state index in [-0.39, 0.29) is 11.7 Å². The van der Waals surface area contributed by atoms with Crippen LogP contribution in [0.1, 0.15) is 17.7 Å². The van der Waals surface area contributed by atoms with E-state index in [1.165, 1.54) is 10.1 Å². The van der Waals surface area contributed by atoms with Crippen LogP contribution in [0.25, 0.3) is 20.9 Å². The first-order chi connectivity index (χ1) is 13.7. The van der Waals surface area contributed by atoms with Crippen LogP contribution < -0.4 is 4.90 Å². The maximum atomic E-state index is 13.0. The van der Waals surface area contributed by atoms with E-state index in [0.29, 0.717) is 31.0 Å². The maximum Gasteiger partial charge on any atom is 0.227 e. The van der Waals surface area contributed by atoms with Crippen molar-refractivity contribution in [2.24, 2.45) is 0 Å². The van der Waals surface area contributed by atoms with E-state index in [0.717, 1.165) is 15.6 Å². The fourth-order valence-corrected chi connectivity index (χ4v) is 4.58. The smallest absolute Gasteiger partial charge is 0.227 e. The zero-order chi connectivity index (χ0) is 19.5. The van der Waals surface area contributed by atoms with Gasteiger partial charge in [0.1, 0.15) is 5.75 Å². The van der Waals surface area contributed by atoms with Crippen LogP contribution in [0, 0.1) is 0 Å². The Morgan fingerprint density at radius 3 is 2.54 bits per heavy atom. The maximum absolute atomic E-state index is 13.0. The molecule has 1 amide bonds. The molecular weight excluding hydrogens is 390 g/mol. The quantitative estimate of drug-likeness (QED) is 0.379. The summed E-state index contributed by atoms with van der Waals surface area (Å²) in [5, 5.41) is 13.7. The van der Waals surface area contributed by atoms with Crippen LogP contribution in [0.4, 0.5) is 5.69 Å². The molecule has 1 N–H and O–H groups in total. The molecule has 5 heteroatoms. The molecule has 0 aliphatic heterocycles. The third kappa shape index (κ3) is 3.71. The number of alkyl halides is 1. The summed E-state index contributed by atoms with van der Waals surface area (Å²) < 4.78 is 1.19. The summed E-state index contributed by atoms with van der Waals surface area (Å²) in [7, 11) is 0. The van der Waals surface area contributed by atoms with Gasteiger partial charge < -0.3 is 10.0 Å². The Balaban J connectivity index is 1.75. The Hall–Kier alpha value is -2.56. The molecule has 0 saturated heterocycles. The highest BCUT2D eigenvalue weighted by atomic mass is 35.5. The van der Waals surface area contributed by atoms with Gasteiger partial charge in [0.05, 0.1) is 12.2 Å². The van der Waals surface area contributed by atoms with Gasteiger partial charge in [-0.15, -0.1) is 22.9 Å². The Labute approximate surface area is 172 Å². The molecule has 0 saturated carbocycles. The topological polar surface area (TPSA) is 40.5 Å². The minimum Gasteiger partial charge on any atom is -0.505 e. The van der Waals surface area contributed by atoms with Crippen molar-refractivity contribution in [3.05, 3.63) is 71.6 Å². The number of phenolic OH excluding ortho intramolecular Hbond substituents is 1. The Morgan fingerprint density at radius 1 is 1.00 bits per heavy atom. The molecule has 3 nitrogen and oxygen atoms in total. The first-order valence-corrected chi connectivity index (χ1v) is 10.6. The highest BCUT2D eigenvalue weighted by molar-refractivity contribution is 7.19. The Morgan fingerprint density at radius 2 is 1.75 bits per heavy atom. The number of hydrogen-bond acceptors (Lipinski definition) is 3. The number of thiophene rings is 1. The van der Waals surface area contributed by atoms with E-state index in [9.17, 15) is 9.90 Å². The van der Waals surface area contributed by atoms with Crippen LogP contribution in [-0.2, 0) is 11.3 Å². The fraction of sp³-hybridized carbons (Fsp3) is 0.174. The lowest BCUT2D eigenvalue weighted by atomic mass is 10.1. The molecule has 3 aromatic carbocycles. The fourth-order valence-electron chi connectivity index (χ4n) is 3.39. The van der Waals surface area contributed by atoms with E-state index in [1.54, 1.807) is 16.2 Å². The summed E-state index contributed by atoms with van der Waals surface area (Å²) in [6.45, 7) is 0.423. The van der Waals surface area contributed by atoms with Crippen molar-refractivity contribution in [3.63, 3.8) is 0 Å². The second-order valence-corrected chi connectivity index (χ2v) is 8.22. The van der Waals surface area contributed by atoms with Gasteiger partial charge in [0.2, 0.25) is 5.91 Å². The number of anilines is 1. The van der Waals surface area contributed by atoms with Gasteiger partial charge >= 0.3 is 0 Å². The Bertz CT molecular complexity index is 1100. The average Bonchev–Trinajstić information content (AvgIpc) is 3.14. The van der Waals surface area contributed by atoms with Crippen molar-refractivity contribution in [1.82, 2.24) is 0 Å². The van der Waals surface area contributed by atoms with Gasteiger partial charge in [0.15, 0.2) is 0 Å². The molecule has 4 aromatic rings. The van der Waals surface area contributed by atoms with Crippen molar-refractivity contribution in [1.29, 1.82) is 0 Å². The van der Waals surface area contributed by atoms with Crippen molar-refractivity contribution < 1.29 is 9.90 Å². The molecular formula is C23H20ClNO2S. The number of rotatable bonds is 6. The third-order valence-electron chi connectivity index (χ3n) is 4.79. The summed E-state index contributed by atoms with van der Waals surface area (Å²) in [6.07, 6.45) is 0.957. The van der Waals surface area contributed by atoms with E-state index >= 15 is 0 Å². The average molecular weight is 410 g/mol. The third-order valence-corrected chi connectivity index (χ3v) is 6.15. The standard InChI is InChI=1S/C23H20ClNO2S/c24-13-5-10-22(26)25(15-18-14-17-7-2-4-9-21(17)28-18)20-12-11-16-6-1-3-8-19(16)23(20)27/h1-4,6-9,11-12,14,27H,5,10,13,15H2. The van der Waals surface area contributed by atoms with Gasteiger partial charge in [-0.25, -0.2) is 0 Å². The highest BCUT2D eigenvalue weighted by Gasteiger charge is 2.21. The molecule has 0 spiro atoms. The molecule has 0 bridgehead atoms. The monoisotopic (exact) mass is 409 g/mol. The second-order valence-electron chi connectivity index (χ2n) is 6.68. The van der Waals surface area contributed by atoms with Gasteiger partial charge in [-0.3, -0.25) is 4.79 Å². The largest absolute Gasteiger partial charge is 0.505 e. The molecule has 4 rings (SSSR count). The van der Waals surface area contributed by atoms with E-state index in [2.05, 4.69) is 18.2 Å². The van der Waals surface area contributed by atoms with Crippen LogP contribution in [0.5, 0.6) is 5.75 Å². The predicted octanol–water partition coefficient (Wildman–Crippen LogP) is 6.31. The molecule has 0 unspecified atom stereocenters. The summed E-state index contributed by atoms with van der Waals surface area (Å²) in [5.74, 6) is 0.536. The normalized spacial score (nSPS) is 11.2. The molecule has 0 radical (unpaired) electrons. The molecule has 0 atom stereocenters. The number of benzene rings is 3. The van der Waals surface area contributed by atoms with Gasteiger partial charge in [-0.05, 0) is 35.4 Å². The lowest BCUT2D eigenvalue weighted by molar-refractivity contribution is -0.118. The number of amides is 1. The first-order valence-electron chi connectivity index (χ1n) is 9.22. The minimum absolute atomic E-state index is 0.0383. The molecule has 28 heavy (non-hydrogen) atoms. The first kappa shape index (κ1) is 18.8. The number of nitrogens with zero attached hydrogens (tertiary/aromatic N) is 1. The number of aromatic hydroxyl groups is 1. The molecule has 0 fully saturated rings. The predicted molar refractivity (Wildman–Crippen MR) is 119 cm³/mol. The molecule has 1 heterocycles. The summed E-state index contributed by atoms with van der Waals surface area (Å²) >= 11 is 7.47. The minimum atomic E-state index is -0.0383. The molecule has 0 aliphatic rings. The van der Waals surface area contributed by atoms with Crippen LogP contribution >= 0.6 is 22.9 Å². The van der Waals surface area contributed by atoms with Crippen molar-refractivity contribution in [2.75, 3.05) is 10.8 Å². The van der Waals surface area contributed by atoms with Crippen LogP contribution in [0.3, 0.4) is 0 Å². The van der Waals surface area contributed by atoms with E-state index in [4.69, 9.17) is 11.6 Å². The summed E-state index contributed by atoms with van der Waals surface area (Å²) in [5.41, 5.74) is 0.538. The Kier molecular flexibility index (Phi) is 5.51. The number of halogens is 1. The van der Waals surface area contributed by atoms with Gasteiger partial charge in [-0.1, -0.05) is 48.5 Å². The second kappa shape index (κ2) is 8.21. The van der Waals surface area contributed by atoms with Crippen molar-refractivity contribution >= 4 is 55.4 Å². The number of fused-ring (bicyclic) bond motifs is 2.